The molecule has 1 aromatic carbocycles. The molecular formula is C16H26F2N2O. The summed E-state index contributed by atoms with van der Waals surface area (Å²) in [5.41, 5.74) is 0.549. The van der Waals surface area contributed by atoms with E-state index < -0.39 is 17.4 Å². The number of nitrogens with zero attached hydrogens (tertiary/aromatic N) is 2. The van der Waals surface area contributed by atoms with Crippen molar-refractivity contribution in [1.82, 2.24) is 9.80 Å². The van der Waals surface area contributed by atoms with E-state index in [-0.39, 0.29) is 0 Å². The summed E-state index contributed by atoms with van der Waals surface area (Å²) < 4.78 is 26.7. The molecular weight excluding hydrogens is 274 g/mol. The lowest BCUT2D eigenvalue weighted by atomic mass is 10.2. The average molecular weight is 300 g/mol. The molecule has 0 radical (unpaired) electrons. The smallest absolute Gasteiger partial charge is 0.187 e. The van der Waals surface area contributed by atoms with E-state index in [0.717, 1.165) is 39.1 Å². The van der Waals surface area contributed by atoms with Crippen molar-refractivity contribution in [2.45, 2.75) is 33.7 Å². The van der Waals surface area contributed by atoms with Crippen LogP contribution in [0, 0.1) is 11.6 Å². The SMILES string of the molecule is CCN(CC)CCCN(CC)Cc1cc(F)c(O)c(F)c1. The molecule has 1 N–H and O–H groups in total. The van der Waals surface area contributed by atoms with Crippen LogP contribution < -0.4 is 0 Å². The summed E-state index contributed by atoms with van der Waals surface area (Å²) in [6.45, 7) is 11.6. The van der Waals surface area contributed by atoms with Crippen LogP contribution in [-0.2, 0) is 6.54 Å². The van der Waals surface area contributed by atoms with E-state index in [1.807, 2.05) is 6.92 Å². The molecule has 0 aliphatic carbocycles. The number of phenols is 1. The predicted octanol–water partition coefficient (Wildman–Crippen LogP) is 3.22. The van der Waals surface area contributed by atoms with E-state index in [1.54, 1.807) is 0 Å². The van der Waals surface area contributed by atoms with Crippen LogP contribution in [-0.4, -0.2) is 47.6 Å². The largest absolute Gasteiger partial charge is 0.503 e. The van der Waals surface area contributed by atoms with E-state index in [2.05, 4.69) is 23.6 Å². The fraction of sp³-hybridized carbons (Fsp3) is 0.625. The van der Waals surface area contributed by atoms with Gasteiger partial charge in [0.15, 0.2) is 17.4 Å². The maximum absolute atomic E-state index is 13.3. The van der Waals surface area contributed by atoms with Crippen molar-refractivity contribution < 1.29 is 13.9 Å². The number of halogens is 2. The molecule has 3 nitrogen and oxygen atoms in total. The molecule has 1 aromatic rings. The Labute approximate surface area is 126 Å². The van der Waals surface area contributed by atoms with Crippen molar-refractivity contribution in [2.75, 3.05) is 32.7 Å². The third kappa shape index (κ3) is 5.59. The molecule has 1 rings (SSSR count). The Hall–Kier alpha value is -1.20. The van der Waals surface area contributed by atoms with Crippen LogP contribution in [0.4, 0.5) is 8.78 Å². The van der Waals surface area contributed by atoms with Crippen molar-refractivity contribution in [2.24, 2.45) is 0 Å². The molecule has 0 aromatic heterocycles. The molecule has 0 unspecified atom stereocenters. The zero-order valence-corrected chi connectivity index (χ0v) is 13.2. The number of hydrogen-bond donors (Lipinski definition) is 1. The van der Waals surface area contributed by atoms with Crippen molar-refractivity contribution in [3.63, 3.8) is 0 Å². The Bertz CT molecular complexity index is 413. The summed E-state index contributed by atoms with van der Waals surface area (Å²) in [4.78, 5) is 4.50. The van der Waals surface area contributed by atoms with Crippen LogP contribution in [0.15, 0.2) is 12.1 Å². The Morgan fingerprint density at radius 1 is 0.905 bits per heavy atom. The number of rotatable bonds is 9. The van der Waals surface area contributed by atoms with Crippen LogP contribution in [0.1, 0.15) is 32.8 Å². The molecule has 0 spiro atoms. The Morgan fingerprint density at radius 3 is 1.86 bits per heavy atom. The average Bonchev–Trinajstić information content (AvgIpc) is 2.47. The van der Waals surface area contributed by atoms with Gasteiger partial charge in [0.2, 0.25) is 0 Å². The third-order valence-corrected chi connectivity index (χ3v) is 3.77. The summed E-state index contributed by atoms with van der Waals surface area (Å²) >= 11 is 0. The lowest BCUT2D eigenvalue weighted by molar-refractivity contribution is 0.238. The van der Waals surface area contributed by atoms with Crippen LogP contribution in [0.2, 0.25) is 0 Å². The third-order valence-electron chi connectivity index (χ3n) is 3.77. The minimum absolute atomic E-state index is 0.489. The normalized spacial score (nSPS) is 11.6. The maximum Gasteiger partial charge on any atom is 0.187 e. The first-order valence-corrected chi connectivity index (χ1v) is 7.63. The van der Waals surface area contributed by atoms with E-state index in [0.29, 0.717) is 12.1 Å². The fourth-order valence-electron chi connectivity index (χ4n) is 2.37. The van der Waals surface area contributed by atoms with Gasteiger partial charge in [0.1, 0.15) is 0 Å². The van der Waals surface area contributed by atoms with Gasteiger partial charge in [-0.25, -0.2) is 8.78 Å². The molecule has 0 aliphatic heterocycles. The van der Waals surface area contributed by atoms with Crippen LogP contribution in [0.25, 0.3) is 0 Å². The highest BCUT2D eigenvalue weighted by Crippen LogP contribution is 2.22. The fourth-order valence-corrected chi connectivity index (χ4v) is 2.37. The summed E-state index contributed by atoms with van der Waals surface area (Å²) in [6, 6.07) is 2.40. The van der Waals surface area contributed by atoms with Crippen molar-refractivity contribution >= 4 is 0 Å². The molecule has 0 heterocycles. The van der Waals surface area contributed by atoms with Gasteiger partial charge < -0.3 is 10.0 Å². The number of aromatic hydroxyl groups is 1. The summed E-state index contributed by atoms with van der Waals surface area (Å²) in [7, 11) is 0. The first-order valence-electron chi connectivity index (χ1n) is 7.63. The highest BCUT2D eigenvalue weighted by Gasteiger charge is 2.12. The minimum atomic E-state index is -0.900. The molecule has 0 fully saturated rings. The summed E-state index contributed by atoms with van der Waals surface area (Å²) in [6.07, 6.45) is 1.03. The number of hydrogen-bond acceptors (Lipinski definition) is 3. The molecule has 5 heteroatoms. The molecule has 0 saturated carbocycles. The van der Waals surface area contributed by atoms with Gasteiger partial charge in [-0.05, 0) is 56.8 Å². The quantitative estimate of drug-likeness (QED) is 0.758. The summed E-state index contributed by atoms with van der Waals surface area (Å²) in [5, 5.41) is 9.11. The zero-order chi connectivity index (χ0) is 15.8. The minimum Gasteiger partial charge on any atom is -0.503 e. The Morgan fingerprint density at radius 2 is 1.38 bits per heavy atom. The first kappa shape index (κ1) is 17.9. The van der Waals surface area contributed by atoms with Gasteiger partial charge in [-0.15, -0.1) is 0 Å². The van der Waals surface area contributed by atoms with Gasteiger partial charge in [-0.1, -0.05) is 20.8 Å². The monoisotopic (exact) mass is 300 g/mol. The predicted molar refractivity (Wildman–Crippen MR) is 81.4 cm³/mol. The van der Waals surface area contributed by atoms with Crippen LogP contribution in [0.5, 0.6) is 5.75 Å². The molecule has 0 bridgehead atoms. The van der Waals surface area contributed by atoms with E-state index >= 15 is 0 Å². The number of phenolic OH excluding ortho intramolecular Hbond substituents is 1. The summed E-state index contributed by atoms with van der Waals surface area (Å²) in [5.74, 6) is -2.70. The second-order valence-corrected chi connectivity index (χ2v) is 5.16. The highest BCUT2D eigenvalue weighted by atomic mass is 19.1. The second kappa shape index (κ2) is 8.95. The molecule has 120 valence electrons. The van der Waals surface area contributed by atoms with E-state index in [4.69, 9.17) is 5.11 Å². The van der Waals surface area contributed by atoms with E-state index in [1.165, 1.54) is 12.1 Å². The lowest BCUT2D eigenvalue weighted by Crippen LogP contribution is -2.29. The maximum atomic E-state index is 13.3. The first-order chi connectivity index (χ1) is 10.0. The Balaban J connectivity index is 2.54. The van der Waals surface area contributed by atoms with Crippen molar-refractivity contribution in [3.05, 3.63) is 29.3 Å². The van der Waals surface area contributed by atoms with Crippen LogP contribution >= 0.6 is 0 Å². The Kier molecular flexibility index (Phi) is 7.61. The van der Waals surface area contributed by atoms with Gasteiger partial charge in [-0.3, -0.25) is 4.90 Å². The molecule has 0 saturated heterocycles. The molecule has 0 atom stereocenters. The lowest BCUT2D eigenvalue weighted by Gasteiger charge is -2.23. The second-order valence-electron chi connectivity index (χ2n) is 5.16. The highest BCUT2D eigenvalue weighted by molar-refractivity contribution is 5.29. The topological polar surface area (TPSA) is 26.7 Å². The molecule has 0 aliphatic rings. The molecule has 21 heavy (non-hydrogen) atoms. The van der Waals surface area contributed by atoms with Gasteiger partial charge in [0, 0.05) is 6.54 Å². The van der Waals surface area contributed by atoms with Gasteiger partial charge >= 0.3 is 0 Å². The molecule has 0 amide bonds. The standard InChI is InChI=1S/C16H26F2N2O/c1-4-19(5-2)8-7-9-20(6-3)12-13-10-14(17)16(21)15(18)11-13/h10-11,21H,4-9,12H2,1-3H3. The van der Waals surface area contributed by atoms with Gasteiger partial charge in [-0.2, -0.15) is 0 Å². The van der Waals surface area contributed by atoms with Crippen molar-refractivity contribution in [1.29, 1.82) is 0 Å². The van der Waals surface area contributed by atoms with Crippen molar-refractivity contribution in [3.8, 4) is 5.75 Å². The number of benzene rings is 1. The zero-order valence-electron chi connectivity index (χ0n) is 13.2. The van der Waals surface area contributed by atoms with Crippen LogP contribution in [0.3, 0.4) is 0 Å². The van der Waals surface area contributed by atoms with Gasteiger partial charge in [0.05, 0.1) is 0 Å². The van der Waals surface area contributed by atoms with Gasteiger partial charge in [0.25, 0.3) is 0 Å². The van der Waals surface area contributed by atoms with E-state index in [9.17, 15) is 8.78 Å².